The molecule has 3 rings (SSSR count). The number of amides is 1. The standard InChI is InChI=1S/C17H13ClFNO3S/c18-12-7-3-1-5-10(12)16-20(14(9-24-16)17(22)23)15(21)11-6-2-4-8-13(11)19/h1-8,14,16H,9H2,(H,22,23)/t14-,16-/m1/s1. The van der Waals surface area contributed by atoms with Crippen molar-refractivity contribution >= 4 is 35.2 Å². The van der Waals surface area contributed by atoms with Crippen LogP contribution in [0.5, 0.6) is 0 Å². The van der Waals surface area contributed by atoms with E-state index in [-0.39, 0.29) is 11.3 Å². The van der Waals surface area contributed by atoms with Crippen LogP contribution in [0.4, 0.5) is 4.39 Å². The first kappa shape index (κ1) is 16.8. The van der Waals surface area contributed by atoms with Gasteiger partial charge in [-0.1, -0.05) is 41.9 Å². The third-order valence-corrected chi connectivity index (χ3v) is 5.44. The van der Waals surface area contributed by atoms with Crippen molar-refractivity contribution in [2.24, 2.45) is 0 Å². The van der Waals surface area contributed by atoms with Gasteiger partial charge >= 0.3 is 5.97 Å². The van der Waals surface area contributed by atoms with Crippen molar-refractivity contribution in [3.8, 4) is 0 Å². The molecule has 1 amide bonds. The number of nitrogens with zero attached hydrogens (tertiary/aromatic N) is 1. The lowest BCUT2D eigenvalue weighted by molar-refractivity contribution is -0.141. The zero-order valence-corrected chi connectivity index (χ0v) is 13.9. The number of carbonyl (C=O) groups is 2. The summed E-state index contributed by atoms with van der Waals surface area (Å²) in [4.78, 5) is 25.6. The third-order valence-electron chi connectivity index (χ3n) is 3.80. The first-order chi connectivity index (χ1) is 11.5. The minimum Gasteiger partial charge on any atom is -0.480 e. The van der Waals surface area contributed by atoms with Crippen molar-refractivity contribution in [3.63, 3.8) is 0 Å². The molecule has 1 N–H and O–H groups in total. The van der Waals surface area contributed by atoms with Crippen molar-refractivity contribution in [3.05, 3.63) is 70.5 Å². The normalized spacial score (nSPS) is 20.2. The van der Waals surface area contributed by atoms with E-state index < -0.39 is 29.1 Å². The van der Waals surface area contributed by atoms with Crippen LogP contribution in [0.3, 0.4) is 0 Å². The summed E-state index contributed by atoms with van der Waals surface area (Å²) in [5.41, 5.74) is 0.487. The number of hydrogen-bond acceptors (Lipinski definition) is 3. The SMILES string of the molecule is O=C(O)[C@H]1CS[C@H](c2ccccc2Cl)N1C(=O)c1ccccc1F. The van der Waals surface area contributed by atoms with Gasteiger partial charge in [0.2, 0.25) is 0 Å². The maximum Gasteiger partial charge on any atom is 0.327 e. The maximum atomic E-state index is 14.0. The highest BCUT2D eigenvalue weighted by atomic mass is 35.5. The van der Waals surface area contributed by atoms with Crippen LogP contribution in [0.2, 0.25) is 5.02 Å². The molecule has 0 unspecified atom stereocenters. The van der Waals surface area contributed by atoms with Crippen LogP contribution in [0.25, 0.3) is 0 Å². The summed E-state index contributed by atoms with van der Waals surface area (Å²) in [6, 6.07) is 11.4. The summed E-state index contributed by atoms with van der Waals surface area (Å²) >= 11 is 7.51. The Balaban J connectivity index is 2.05. The largest absolute Gasteiger partial charge is 0.480 e. The van der Waals surface area contributed by atoms with E-state index >= 15 is 0 Å². The first-order valence-electron chi connectivity index (χ1n) is 7.16. The first-order valence-corrected chi connectivity index (χ1v) is 8.59. The molecule has 0 spiro atoms. The summed E-state index contributed by atoms with van der Waals surface area (Å²) in [6.45, 7) is 0. The Bertz CT molecular complexity index is 801. The number of rotatable bonds is 3. The van der Waals surface area contributed by atoms with E-state index in [4.69, 9.17) is 11.6 Å². The molecule has 0 radical (unpaired) electrons. The molecule has 0 bridgehead atoms. The van der Waals surface area contributed by atoms with Gasteiger partial charge in [-0.3, -0.25) is 4.79 Å². The molecule has 1 aliphatic rings. The van der Waals surface area contributed by atoms with E-state index in [2.05, 4.69) is 0 Å². The summed E-state index contributed by atoms with van der Waals surface area (Å²) in [6.07, 6.45) is 0. The van der Waals surface area contributed by atoms with Crippen LogP contribution >= 0.6 is 23.4 Å². The molecule has 2 aromatic rings. The number of carboxylic acids is 1. The quantitative estimate of drug-likeness (QED) is 0.898. The number of aliphatic carboxylic acids is 1. The van der Waals surface area contributed by atoms with E-state index in [1.54, 1.807) is 30.3 Å². The van der Waals surface area contributed by atoms with E-state index in [0.29, 0.717) is 10.6 Å². The van der Waals surface area contributed by atoms with E-state index in [1.165, 1.54) is 34.9 Å². The van der Waals surface area contributed by atoms with Gasteiger partial charge in [0, 0.05) is 16.3 Å². The van der Waals surface area contributed by atoms with Crippen LogP contribution in [-0.2, 0) is 4.79 Å². The zero-order chi connectivity index (χ0) is 17.3. The minimum absolute atomic E-state index is 0.150. The van der Waals surface area contributed by atoms with Crippen molar-refractivity contribution in [2.75, 3.05) is 5.75 Å². The van der Waals surface area contributed by atoms with Gasteiger partial charge in [-0.2, -0.15) is 0 Å². The predicted octanol–water partition coefficient (Wildman–Crippen LogP) is 3.82. The Kier molecular flexibility index (Phi) is 4.78. The molecule has 2 aromatic carbocycles. The highest BCUT2D eigenvalue weighted by Crippen LogP contribution is 2.44. The van der Waals surface area contributed by atoms with E-state index in [9.17, 15) is 19.1 Å². The molecule has 0 aromatic heterocycles. The fourth-order valence-corrected chi connectivity index (χ4v) is 4.39. The Morgan fingerprint density at radius 3 is 2.50 bits per heavy atom. The lowest BCUT2D eigenvalue weighted by Gasteiger charge is -2.28. The van der Waals surface area contributed by atoms with Gasteiger partial charge in [-0.15, -0.1) is 11.8 Å². The summed E-state index contributed by atoms with van der Waals surface area (Å²) in [5, 5.41) is 9.31. The Morgan fingerprint density at radius 1 is 1.17 bits per heavy atom. The number of carboxylic acid groups (broad SMARTS) is 1. The Morgan fingerprint density at radius 2 is 1.83 bits per heavy atom. The number of carbonyl (C=O) groups excluding carboxylic acids is 1. The van der Waals surface area contributed by atoms with Gasteiger partial charge in [0.05, 0.1) is 5.56 Å². The van der Waals surface area contributed by atoms with Crippen LogP contribution < -0.4 is 0 Å². The van der Waals surface area contributed by atoms with Crippen molar-refractivity contribution in [2.45, 2.75) is 11.4 Å². The van der Waals surface area contributed by atoms with E-state index in [0.717, 1.165) is 0 Å². The van der Waals surface area contributed by atoms with Crippen LogP contribution in [0.15, 0.2) is 48.5 Å². The van der Waals surface area contributed by atoms with Gasteiger partial charge in [0.1, 0.15) is 17.2 Å². The van der Waals surface area contributed by atoms with Crippen molar-refractivity contribution in [1.82, 2.24) is 4.90 Å². The lowest BCUT2D eigenvalue weighted by atomic mass is 10.1. The molecule has 7 heteroatoms. The summed E-state index contributed by atoms with van der Waals surface area (Å²) < 4.78 is 14.0. The molecule has 1 aliphatic heterocycles. The monoisotopic (exact) mass is 365 g/mol. The molecular weight excluding hydrogens is 353 g/mol. The summed E-state index contributed by atoms with van der Waals surface area (Å²) in [7, 11) is 0. The second-order valence-electron chi connectivity index (χ2n) is 5.25. The second-order valence-corrected chi connectivity index (χ2v) is 6.77. The molecule has 1 saturated heterocycles. The smallest absolute Gasteiger partial charge is 0.327 e. The van der Waals surface area contributed by atoms with Gasteiger partial charge in [0.15, 0.2) is 0 Å². The maximum absolute atomic E-state index is 14.0. The fraction of sp³-hybridized carbons (Fsp3) is 0.176. The average Bonchev–Trinajstić information content (AvgIpc) is 3.00. The molecule has 1 fully saturated rings. The molecule has 24 heavy (non-hydrogen) atoms. The molecular formula is C17H13ClFNO3S. The molecule has 2 atom stereocenters. The van der Waals surface area contributed by atoms with Gasteiger partial charge in [-0.25, -0.2) is 9.18 Å². The number of thioether (sulfide) groups is 1. The highest BCUT2D eigenvalue weighted by Gasteiger charge is 2.43. The molecule has 124 valence electrons. The minimum atomic E-state index is -1.12. The lowest BCUT2D eigenvalue weighted by Crippen LogP contribution is -2.43. The fourth-order valence-electron chi connectivity index (χ4n) is 2.63. The van der Waals surface area contributed by atoms with Crippen molar-refractivity contribution in [1.29, 1.82) is 0 Å². The van der Waals surface area contributed by atoms with Gasteiger partial charge in [-0.05, 0) is 18.2 Å². The Labute approximate surface area is 147 Å². The molecule has 0 saturated carbocycles. The van der Waals surface area contributed by atoms with Crippen molar-refractivity contribution < 1.29 is 19.1 Å². The number of hydrogen-bond donors (Lipinski definition) is 1. The van der Waals surface area contributed by atoms with Crippen LogP contribution in [-0.4, -0.2) is 33.7 Å². The topological polar surface area (TPSA) is 57.6 Å². The Hall–Kier alpha value is -2.05. The predicted molar refractivity (Wildman–Crippen MR) is 90.6 cm³/mol. The average molecular weight is 366 g/mol. The van der Waals surface area contributed by atoms with E-state index in [1.807, 2.05) is 0 Å². The summed E-state index contributed by atoms with van der Waals surface area (Å²) in [5.74, 6) is -2.25. The van der Waals surface area contributed by atoms with Gasteiger partial charge in [0.25, 0.3) is 5.91 Å². The number of benzene rings is 2. The van der Waals surface area contributed by atoms with Crippen LogP contribution in [0, 0.1) is 5.82 Å². The highest BCUT2D eigenvalue weighted by molar-refractivity contribution is 7.99. The third kappa shape index (κ3) is 2.99. The second kappa shape index (κ2) is 6.83. The molecule has 1 heterocycles. The molecule has 4 nitrogen and oxygen atoms in total. The zero-order valence-electron chi connectivity index (χ0n) is 12.4. The van der Waals surface area contributed by atoms with Crippen LogP contribution in [0.1, 0.15) is 21.3 Å². The number of halogens is 2. The molecule has 0 aliphatic carbocycles. The van der Waals surface area contributed by atoms with Gasteiger partial charge < -0.3 is 10.0 Å².